The van der Waals surface area contributed by atoms with Crippen LogP contribution in [0.2, 0.25) is 0 Å². The number of aryl methyl sites for hydroxylation is 4. The first-order valence-electron chi connectivity index (χ1n) is 8.42. The molecule has 26 heavy (non-hydrogen) atoms. The molecular formula is C20H28Cl2N3Pt-. The Morgan fingerprint density at radius 3 is 1.31 bits per heavy atom. The Kier molecular flexibility index (Phi) is 11.0. The van der Waals surface area contributed by atoms with Gasteiger partial charge in [0.15, 0.2) is 0 Å². The Bertz CT molecular complexity index is 597. The van der Waals surface area contributed by atoms with E-state index < -0.39 is 16.5 Å². The molecule has 0 saturated heterocycles. The third-order valence-corrected chi connectivity index (χ3v) is 4.48. The summed E-state index contributed by atoms with van der Waals surface area (Å²) in [6, 6.07) is 12.4. The van der Waals surface area contributed by atoms with Crippen LogP contribution >= 0.6 is 18.8 Å². The van der Waals surface area contributed by atoms with Crippen LogP contribution in [-0.2, 0) is 16.5 Å². The van der Waals surface area contributed by atoms with E-state index in [0.717, 1.165) is 0 Å². The molecular weight excluding hydrogens is 548 g/mol. The van der Waals surface area contributed by atoms with Gasteiger partial charge in [-0.25, -0.2) is 0 Å². The SMILES string of the molecule is Cc1cccc(C)c1C(N)C[N-]CC(N)c1c(C)cccc1C.[Cl][Pt][Cl]. The van der Waals surface area contributed by atoms with Crippen LogP contribution in [0.4, 0.5) is 0 Å². The number of hydrogen-bond acceptors (Lipinski definition) is 2. The van der Waals surface area contributed by atoms with Gasteiger partial charge < -0.3 is 16.8 Å². The summed E-state index contributed by atoms with van der Waals surface area (Å²) in [5, 5.41) is 4.64. The van der Waals surface area contributed by atoms with Crippen molar-refractivity contribution >= 4 is 18.8 Å². The van der Waals surface area contributed by atoms with Crippen molar-refractivity contribution in [2.75, 3.05) is 13.1 Å². The van der Waals surface area contributed by atoms with Crippen LogP contribution < -0.4 is 11.5 Å². The maximum atomic E-state index is 6.35. The predicted molar refractivity (Wildman–Crippen MR) is 110 cm³/mol. The average molecular weight is 576 g/mol. The van der Waals surface area contributed by atoms with E-state index in [4.69, 9.17) is 30.3 Å². The third-order valence-electron chi connectivity index (χ3n) is 4.48. The molecule has 0 aliphatic rings. The van der Waals surface area contributed by atoms with Crippen molar-refractivity contribution in [1.29, 1.82) is 0 Å². The van der Waals surface area contributed by atoms with Crippen molar-refractivity contribution in [2.24, 2.45) is 11.5 Å². The Labute approximate surface area is 174 Å². The zero-order valence-electron chi connectivity index (χ0n) is 15.7. The molecule has 0 saturated carbocycles. The van der Waals surface area contributed by atoms with Crippen LogP contribution in [0, 0.1) is 27.7 Å². The fourth-order valence-corrected chi connectivity index (χ4v) is 3.36. The van der Waals surface area contributed by atoms with E-state index in [0.29, 0.717) is 13.1 Å². The van der Waals surface area contributed by atoms with Crippen molar-refractivity contribution in [3.05, 3.63) is 75.1 Å². The zero-order valence-corrected chi connectivity index (χ0v) is 19.5. The van der Waals surface area contributed by atoms with E-state index in [1.807, 2.05) is 0 Å². The Morgan fingerprint density at radius 1 is 0.769 bits per heavy atom. The predicted octanol–water partition coefficient (Wildman–Crippen LogP) is 5.37. The molecule has 4 N–H and O–H groups in total. The monoisotopic (exact) mass is 575 g/mol. The Hall–Kier alpha value is -0.412. The summed E-state index contributed by atoms with van der Waals surface area (Å²) < 4.78 is 0. The van der Waals surface area contributed by atoms with E-state index in [1.165, 1.54) is 33.4 Å². The molecule has 6 heteroatoms. The average Bonchev–Trinajstić information content (AvgIpc) is 2.55. The van der Waals surface area contributed by atoms with Crippen molar-refractivity contribution < 1.29 is 16.5 Å². The Morgan fingerprint density at radius 2 is 1.04 bits per heavy atom. The standard InChI is InChI=1S/C20H28N3.2ClH.Pt/c1-13-7-5-8-14(2)19(13)17(21)11-23-12-18(22)20-15(3)9-6-10-16(20)4;;;/h5-10,17-18H,11-12,21-22H2,1-4H3;2*1H;/q-1;;;+2/p-2. The second-order valence-electron chi connectivity index (χ2n) is 6.46. The molecule has 2 unspecified atom stereocenters. The maximum absolute atomic E-state index is 6.35. The molecule has 0 spiro atoms. The van der Waals surface area contributed by atoms with E-state index in [9.17, 15) is 0 Å². The van der Waals surface area contributed by atoms with E-state index in [2.05, 4.69) is 69.4 Å². The van der Waals surface area contributed by atoms with Gasteiger partial charge in [0, 0.05) is 12.1 Å². The summed E-state index contributed by atoms with van der Waals surface area (Å²) in [5.74, 6) is 0. The molecule has 2 atom stereocenters. The summed E-state index contributed by atoms with van der Waals surface area (Å²) >= 11 is -0.472. The van der Waals surface area contributed by atoms with E-state index >= 15 is 0 Å². The van der Waals surface area contributed by atoms with Crippen molar-refractivity contribution in [1.82, 2.24) is 0 Å². The van der Waals surface area contributed by atoms with Gasteiger partial charge in [0.1, 0.15) is 0 Å². The van der Waals surface area contributed by atoms with Gasteiger partial charge in [-0.15, -0.1) is 13.1 Å². The first-order valence-corrected chi connectivity index (χ1v) is 14.1. The van der Waals surface area contributed by atoms with Crippen LogP contribution in [0.5, 0.6) is 0 Å². The first kappa shape index (κ1) is 23.6. The van der Waals surface area contributed by atoms with Crippen LogP contribution in [0.1, 0.15) is 45.5 Å². The fourth-order valence-electron chi connectivity index (χ4n) is 3.36. The molecule has 0 bridgehead atoms. The molecule has 2 aromatic rings. The summed E-state index contributed by atoms with van der Waals surface area (Å²) in [7, 11) is 9.75. The van der Waals surface area contributed by atoms with Gasteiger partial charge in [0.25, 0.3) is 0 Å². The molecule has 2 aromatic carbocycles. The number of hydrogen-bond donors (Lipinski definition) is 2. The summed E-state index contributed by atoms with van der Waals surface area (Å²) in [5.41, 5.74) is 20.0. The number of benzene rings is 2. The molecule has 2 rings (SSSR count). The molecule has 0 aliphatic carbocycles. The molecule has 0 aromatic heterocycles. The second-order valence-corrected chi connectivity index (χ2v) is 9.74. The van der Waals surface area contributed by atoms with E-state index in [1.54, 1.807) is 0 Å². The van der Waals surface area contributed by atoms with Crippen molar-refractivity contribution in [3.8, 4) is 0 Å². The molecule has 148 valence electrons. The zero-order chi connectivity index (χ0) is 19.7. The molecule has 3 nitrogen and oxygen atoms in total. The molecule has 0 amide bonds. The van der Waals surface area contributed by atoms with Crippen LogP contribution in [0.3, 0.4) is 0 Å². The summed E-state index contributed by atoms with van der Waals surface area (Å²) in [6.45, 7) is 9.61. The first-order chi connectivity index (χ1) is 12.3. The number of rotatable bonds is 6. The van der Waals surface area contributed by atoms with Gasteiger partial charge in [-0.05, 0) is 61.1 Å². The molecule has 0 aliphatic heterocycles. The number of nitrogens with zero attached hydrogens (tertiary/aromatic N) is 1. The fraction of sp³-hybridized carbons (Fsp3) is 0.400. The Balaban J connectivity index is 0.00000105. The number of nitrogens with two attached hydrogens (primary N) is 2. The van der Waals surface area contributed by atoms with E-state index in [-0.39, 0.29) is 12.1 Å². The minimum atomic E-state index is -0.472. The van der Waals surface area contributed by atoms with Gasteiger partial charge in [0.2, 0.25) is 0 Å². The van der Waals surface area contributed by atoms with Crippen LogP contribution in [0.15, 0.2) is 36.4 Å². The van der Waals surface area contributed by atoms with Crippen molar-refractivity contribution in [3.63, 3.8) is 0 Å². The van der Waals surface area contributed by atoms with Gasteiger partial charge in [-0.3, -0.25) is 0 Å². The second kappa shape index (κ2) is 12.1. The van der Waals surface area contributed by atoms with Crippen LogP contribution in [-0.4, -0.2) is 13.1 Å². The van der Waals surface area contributed by atoms with Gasteiger partial charge in [0.05, 0.1) is 0 Å². The minimum absolute atomic E-state index is 0.0682. The molecule has 0 radical (unpaired) electrons. The quantitative estimate of drug-likeness (QED) is 0.486. The van der Waals surface area contributed by atoms with Gasteiger partial charge in [-0.2, -0.15) is 0 Å². The van der Waals surface area contributed by atoms with Crippen LogP contribution in [0.25, 0.3) is 5.32 Å². The van der Waals surface area contributed by atoms with Gasteiger partial charge >= 0.3 is 35.3 Å². The third kappa shape index (κ3) is 6.96. The van der Waals surface area contributed by atoms with Crippen molar-refractivity contribution in [2.45, 2.75) is 39.8 Å². The number of halogens is 2. The van der Waals surface area contributed by atoms with Gasteiger partial charge in [-0.1, -0.05) is 36.4 Å². The normalized spacial score (nSPS) is 13.1. The summed E-state index contributed by atoms with van der Waals surface area (Å²) in [4.78, 5) is 0. The molecule has 0 heterocycles. The topological polar surface area (TPSA) is 66.1 Å². The molecule has 0 fully saturated rings. The summed E-state index contributed by atoms with van der Waals surface area (Å²) in [6.07, 6.45) is 0.